The van der Waals surface area contributed by atoms with Gasteiger partial charge in [-0.2, -0.15) is 0 Å². The number of fused-ring (bicyclic) bond motifs is 1. The Bertz CT molecular complexity index is 929. The lowest BCUT2D eigenvalue weighted by molar-refractivity contribution is 0.684. The van der Waals surface area contributed by atoms with Crippen molar-refractivity contribution < 1.29 is 4.21 Å². The van der Waals surface area contributed by atoms with Gasteiger partial charge in [0.1, 0.15) is 0 Å². The minimum Gasteiger partial charge on any atom is -0.259 e. The minimum atomic E-state index is -1.22. The zero-order valence-corrected chi connectivity index (χ0v) is 16.1. The Balaban J connectivity index is 1.71. The van der Waals surface area contributed by atoms with Crippen LogP contribution in [0.3, 0.4) is 0 Å². The Morgan fingerprint density at radius 1 is 1.21 bits per heavy atom. The average molecular weight is 401 g/mol. The third-order valence-corrected chi connectivity index (χ3v) is 6.57. The molecule has 0 unspecified atom stereocenters. The predicted molar refractivity (Wildman–Crippen MR) is 98.7 cm³/mol. The summed E-state index contributed by atoms with van der Waals surface area (Å²) in [6.07, 6.45) is 0. The fraction of sp³-hybridized carbons (Fsp3) is 0.267. The zero-order chi connectivity index (χ0) is 17.3. The van der Waals surface area contributed by atoms with Gasteiger partial charge in [0.25, 0.3) is 5.78 Å². The van der Waals surface area contributed by atoms with Gasteiger partial charge in [-0.05, 0) is 38.1 Å². The van der Waals surface area contributed by atoms with Crippen molar-refractivity contribution >= 4 is 51.5 Å². The third-order valence-electron chi connectivity index (χ3n) is 3.30. The van der Waals surface area contributed by atoms with Crippen molar-refractivity contribution in [3.63, 3.8) is 0 Å². The molecule has 3 rings (SSSR count). The first-order valence-electron chi connectivity index (χ1n) is 7.11. The first kappa shape index (κ1) is 17.7. The summed E-state index contributed by atoms with van der Waals surface area (Å²) in [5.41, 5.74) is 1.92. The zero-order valence-electron chi connectivity index (χ0n) is 13.0. The molecule has 0 aliphatic heterocycles. The van der Waals surface area contributed by atoms with Crippen LogP contribution in [0, 0.1) is 13.8 Å². The van der Waals surface area contributed by atoms with Gasteiger partial charge in [-0.15, -0.1) is 10.2 Å². The summed E-state index contributed by atoms with van der Waals surface area (Å²) in [5.74, 6) is 1.63. The highest BCUT2D eigenvalue weighted by atomic mass is 35.5. The number of aromatic nitrogens is 4. The van der Waals surface area contributed by atoms with Crippen LogP contribution < -0.4 is 0 Å². The van der Waals surface area contributed by atoms with Gasteiger partial charge in [-0.25, -0.2) is 4.98 Å². The predicted octanol–water partition coefficient (Wildman–Crippen LogP) is 3.95. The molecule has 0 radical (unpaired) electrons. The monoisotopic (exact) mass is 400 g/mol. The Hall–Kier alpha value is -1.15. The summed E-state index contributed by atoms with van der Waals surface area (Å²) in [7, 11) is -1.22. The van der Waals surface area contributed by atoms with Gasteiger partial charge < -0.3 is 0 Å². The molecule has 2 heterocycles. The molecule has 0 bridgehead atoms. The lowest BCUT2D eigenvalue weighted by Gasteiger charge is -2.06. The van der Waals surface area contributed by atoms with Crippen LogP contribution >= 0.6 is 35.0 Å². The molecule has 0 saturated heterocycles. The van der Waals surface area contributed by atoms with Gasteiger partial charge in [-0.1, -0.05) is 35.0 Å². The molecule has 0 N–H and O–H groups in total. The van der Waals surface area contributed by atoms with Crippen LogP contribution in [-0.2, 0) is 10.8 Å². The number of hydrogen-bond acceptors (Lipinski definition) is 5. The van der Waals surface area contributed by atoms with Gasteiger partial charge in [0, 0.05) is 27.9 Å². The van der Waals surface area contributed by atoms with Crippen LogP contribution in [-0.4, -0.2) is 35.3 Å². The molecule has 3 aromatic rings. The van der Waals surface area contributed by atoms with E-state index in [9.17, 15) is 4.21 Å². The summed E-state index contributed by atoms with van der Waals surface area (Å²) in [6.45, 7) is 3.91. The van der Waals surface area contributed by atoms with Gasteiger partial charge in [0.05, 0.1) is 20.7 Å². The van der Waals surface area contributed by atoms with Gasteiger partial charge in [0.15, 0.2) is 5.16 Å². The highest BCUT2D eigenvalue weighted by molar-refractivity contribution is 8.00. The fourth-order valence-electron chi connectivity index (χ4n) is 2.26. The van der Waals surface area contributed by atoms with Crippen LogP contribution in [0.4, 0.5) is 0 Å². The first-order chi connectivity index (χ1) is 11.5. The van der Waals surface area contributed by atoms with E-state index in [0.717, 1.165) is 16.5 Å². The number of nitrogens with zero attached hydrogens (tertiary/aromatic N) is 4. The Morgan fingerprint density at radius 2 is 2.00 bits per heavy atom. The van der Waals surface area contributed by atoms with Crippen molar-refractivity contribution in [1.82, 2.24) is 19.6 Å². The number of halogens is 2. The average Bonchev–Trinajstić information content (AvgIpc) is 2.92. The lowest BCUT2D eigenvalue weighted by Crippen LogP contribution is -2.03. The van der Waals surface area contributed by atoms with E-state index in [1.165, 1.54) is 11.8 Å². The van der Waals surface area contributed by atoms with Crippen molar-refractivity contribution in [2.24, 2.45) is 0 Å². The maximum absolute atomic E-state index is 12.4. The molecule has 24 heavy (non-hydrogen) atoms. The summed E-state index contributed by atoms with van der Waals surface area (Å²) < 4.78 is 14.3. The van der Waals surface area contributed by atoms with E-state index in [2.05, 4.69) is 15.2 Å². The summed E-state index contributed by atoms with van der Waals surface area (Å²) in [5, 5.41) is 9.98. The molecule has 1 atom stereocenters. The molecule has 0 aliphatic carbocycles. The van der Waals surface area contributed by atoms with Crippen molar-refractivity contribution in [3.05, 3.63) is 45.7 Å². The molecule has 5 nitrogen and oxygen atoms in total. The second-order valence-corrected chi connectivity index (χ2v) is 8.57. The van der Waals surface area contributed by atoms with Crippen LogP contribution in [0.15, 0.2) is 34.3 Å². The summed E-state index contributed by atoms with van der Waals surface area (Å²) in [4.78, 5) is 4.91. The third kappa shape index (κ3) is 3.74. The molecule has 2 aromatic heterocycles. The minimum absolute atomic E-state index is 0.442. The van der Waals surface area contributed by atoms with Crippen molar-refractivity contribution in [2.75, 3.05) is 11.5 Å². The van der Waals surface area contributed by atoms with E-state index in [0.29, 0.717) is 32.2 Å². The van der Waals surface area contributed by atoms with E-state index in [1.54, 1.807) is 18.2 Å². The van der Waals surface area contributed by atoms with Gasteiger partial charge in [0.2, 0.25) is 0 Å². The molecule has 126 valence electrons. The summed E-state index contributed by atoms with van der Waals surface area (Å²) >= 11 is 13.5. The fourth-order valence-corrected chi connectivity index (χ4v) is 5.22. The molecular weight excluding hydrogens is 387 g/mol. The number of hydrogen-bond donors (Lipinski definition) is 0. The highest BCUT2D eigenvalue weighted by Gasteiger charge is 2.13. The summed E-state index contributed by atoms with van der Waals surface area (Å²) in [6, 6.07) is 6.96. The molecule has 0 fully saturated rings. The molecule has 1 aromatic carbocycles. The van der Waals surface area contributed by atoms with Crippen LogP contribution in [0.25, 0.3) is 5.78 Å². The Morgan fingerprint density at radius 3 is 2.79 bits per heavy atom. The van der Waals surface area contributed by atoms with Crippen LogP contribution in [0.1, 0.15) is 11.4 Å². The largest absolute Gasteiger partial charge is 0.259 e. The first-order valence-corrected chi connectivity index (χ1v) is 10.2. The Kier molecular flexibility index (Phi) is 5.44. The maximum atomic E-state index is 12.4. The van der Waals surface area contributed by atoms with Crippen LogP contribution in [0.2, 0.25) is 10.0 Å². The van der Waals surface area contributed by atoms with Gasteiger partial charge >= 0.3 is 0 Å². The van der Waals surface area contributed by atoms with Crippen molar-refractivity contribution in [2.45, 2.75) is 23.9 Å². The topological polar surface area (TPSA) is 60.2 Å². The standard InChI is InChI=1S/C15H14Cl2N4OS2/c1-9-7-10(2)21-14(18-9)19-20-15(21)23-5-6-24(22)13-8-11(16)3-4-12(13)17/h3-4,7-8H,5-6H2,1-2H3/t24-/m1/s1. The molecular formula is C15H14Cl2N4OS2. The van der Waals surface area contributed by atoms with Crippen LogP contribution in [0.5, 0.6) is 0 Å². The van der Waals surface area contributed by atoms with Crippen molar-refractivity contribution in [1.29, 1.82) is 0 Å². The molecule has 0 aliphatic rings. The second kappa shape index (κ2) is 7.39. The van der Waals surface area contributed by atoms with E-state index in [1.807, 2.05) is 24.3 Å². The maximum Gasteiger partial charge on any atom is 0.256 e. The molecule has 0 saturated carbocycles. The molecule has 9 heteroatoms. The second-order valence-electron chi connectivity index (χ2n) is 5.13. The van der Waals surface area contributed by atoms with E-state index < -0.39 is 10.8 Å². The number of benzene rings is 1. The lowest BCUT2D eigenvalue weighted by atomic mass is 10.3. The normalized spacial score (nSPS) is 12.7. The smallest absolute Gasteiger partial charge is 0.256 e. The quantitative estimate of drug-likeness (QED) is 0.606. The van der Waals surface area contributed by atoms with Crippen molar-refractivity contribution in [3.8, 4) is 0 Å². The number of rotatable bonds is 5. The molecule has 0 spiro atoms. The van der Waals surface area contributed by atoms with E-state index in [4.69, 9.17) is 23.2 Å². The molecule has 0 amide bonds. The van der Waals surface area contributed by atoms with Gasteiger partial charge in [-0.3, -0.25) is 8.61 Å². The van der Waals surface area contributed by atoms with E-state index >= 15 is 0 Å². The number of aryl methyl sites for hydroxylation is 2. The Labute approximate surface area is 156 Å². The number of thioether (sulfide) groups is 1. The highest BCUT2D eigenvalue weighted by Crippen LogP contribution is 2.25. The SMILES string of the molecule is Cc1cc(C)n2c(SCC[S@@](=O)c3cc(Cl)ccc3Cl)nnc2n1. The van der Waals surface area contributed by atoms with E-state index in [-0.39, 0.29) is 0 Å².